The van der Waals surface area contributed by atoms with Crippen molar-refractivity contribution in [3.8, 4) is 11.4 Å². The first-order valence-electron chi connectivity index (χ1n) is 7.14. The normalized spacial score (nSPS) is 11.1. The number of aryl methyl sites for hydroxylation is 2. The summed E-state index contributed by atoms with van der Waals surface area (Å²) in [6.07, 6.45) is 1.96. The molecule has 20 heavy (non-hydrogen) atoms. The highest BCUT2D eigenvalue weighted by Gasteiger charge is 2.19. The summed E-state index contributed by atoms with van der Waals surface area (Å²) in [4.78, 5) is 4.66. The van der Waals surface area contributed by atoms with Gasteiger partial charge in [-0.2, -0.15) is 0 Å². The molecule has 0 amide bonds. The van der Waals surface area contributed by atoms with Crippen LogP contribution in [0, 0.1) is 0 Å². The second-order valence-corrected chi connectivity index (χ2v) is 5.48. The molecule has 2 aromatic rings. The van der Waals surface area contributed by atoms with Crippen molar-refractivity contribution >= 4 is 15.9 Å². The zero-order valence-electron chi connectivity index (χ0n) is 12.3. The van der Waals surface area contributed by atoms with Gasteiger partial charge in [-0.1, -0.05) is 32.0 Å². The predicted molar refractivity (Wildman–Crippen MR) is 85.7 cm³/mol. The Kier molecular flexibility index (Phi) is 5.00. The Balaban J connectivity index is 2.74. The van der Waals surface area contributed by atoms with Crippen LogP contribution in [0.5, 0.6) is 0 Å². The standard InChI is InChI=1S/C16H21BrN2O/c1-4-11-8-7-9-12(5-2)14(11)16-18-15(17)13(10-20)19(16)6-3/h7-9,20H,4-6,10H2,1-3H3. The van der Waals surface area contributed by atoms with Crippen molar-refractivity contribution in [2.24, 2.45) is 0 Å². The molecule has 1 heterocycles. The first-order valence-corrected chi connectivity index (χ1v) is 7.93. The number of halogens is 1. The van der Waals surface area contributed by atoms with Crippen LogP contribution in [0.15, 0.2) is 22.8 Å². The van der Waals surface area contributed by atoms with Gasteiger partial charge in [0.1, 0.15) is 10.4 Å². The van der Waals surface area contributed by atoms with Crippen LogP contribution in [-0.4, -0.2) is 14.7 Å². The van der Waals surface area contributed by atoms with Gasteiger partial charge in [-0.15, -0.1) is 0 Å². The highest BCUT2D eigenvalue weighted by atomic mass is 79.9. The molecule has 2 rings (SSSR count). The van der Waals surface area contributed by atoms with Gasteiger partial charge in [-0.05, 0) is 46.8 Å². The summed E-state index contributed by atoms with van der Waals surface area (Å²) in [7, 11) is 0. The van der Waals surface area contributed by atoms with E-state index in [4.69, 9.17) is 0 Å². The molecule has 0 aliphatic carbocycles. The molecule has 0 saturated heterocycles. The van der Waals surface area contributed by atoms with Gasteiger partial charge in [0.25, 0.3) is 0 Å². The number of aliphatic hydroxyl groups is 1. The van der Waals surface area contributed by atoms with Crippen molar-refractivity contribution < 1.29 is 5.11 Å². The number of rotatable bonds is 5. The molecule has 0 aliphatic rings. The molecule has 1 aromatic heterocycles. The Hall–Kier alpha value is -1.13. The number of nitrogens with zero attached hydrogens (tertiary/aromatic N) is 2. The molecule has 1 N–H and O–H groups in total. The lowest BCUT2D eigenvalue weighted by molar-refractivity contribution is 0.270. The fourth-order valence-corrected chi connectivity index (χ4v) is 3.18. The lowest BCUT2D eigenvalue weighted by Gasteiger charge is -2.15. The van der Waals surface area contributed by atoms with Crippen molar-refractivity contribution in [2.75, 3.05) is 0 Å². The molecule has 0 saturated carbocycles. The molecule has 0 bridgehead atoms. The Morgan fingerprint density at radius 3 is 2.20 bits per heavy atom. The zero-order valence-corrected chi connectivity index (χ0v) is 13.9. The summed E-state index contributed by atoms with van der Waals surface area (Å²) < 4.78 is 2.84. The maximum Gasteiger partial charge on any atom is 0.142 e. The van der Waals surface area contributed by atoms with Gasteiger partial charge in [0.2, 0.25) is 0 Å². The molecule has 0 unspecified atom stereocenters. The third-order valence-electron chi connectivity index (χ3n) is 3.71. The Morgan fingerprint density at radius 1 is 1.15 bits per heavy atom. The summed E-state index contributed by atoms with van der Waals surface area (Å²) in [5.41, 5.74) is 4.68. The molecule has 0 radical (unpaired) electrons. The average Bonchev–Trinajstić information content (AvgIpc) is 2.81. The first kappa shape index (κ1) is 15.3. The first-order chi connectivity index (χ1) is 9.67. The molecule has 3 nitrogen and oxygen atoms in total. The molecule has 0 atom stereocenters. The van der Waals surface area contributed by atoms with Crippen LogP contribution >= 0.6 is 15.9 Å². The van der Waals surface area contributed by atoms with Gasteiger partial charge < -0.3 is 9.67 Å². The van der Waals surface area contributed by atoms with Crippen LogP contribution < -0.4 is 0 Å². The highest BCUT2D eigenvalue weighted by molar-refractivity contribution is 9.10. The van der Waals surface area contributed by atoms with Crippen LogP contribution in [0.25, 0.3) is 11.4 Å². The Morgan fingerprint density at radius 2 is 1.75 bits per heavy atom. The monoisotopic (exact) mass is 336 g/mol. The van der Waals surface area contributed by atoms with E-state index < -0.39 is 0 Å². The van der Waals surface area contributed by atoms with Crippen LogP contribution in [0.2, 0.25) is 0 Å². The van der Waals surface area contributed by atoms with Crippen molar-refractivity contribution in [3.63, 3.8) is 0 Å². The van der Waals surface area contributed by atoms with E-state index in [-0.39, 0.29) is 6.61 Å². The fourth-order valence-electron chi connectivity index (χ4n) is 2.67. The van der Waals surface area contributed by atoms with E-state index in [1.165, 1.54) is 16.7 Å². The number of imidazole rings is 1. The Labute approximate surface area is 128 Å². The zero-order chi connectivity index (χ0) is 14.7. The van der Waals surface area contributed by atoms with Crippen LogP contribution in [0.4, 0.5) is 0 Å². The lowest BCUT2D eigenvalue weighted by Crippen LogP contribution is -2.06. The van der Waals surface area contributed by atoms with Gasteiger partial charge in [0.15, 0.2) is 0 Å². The second-order valence-electron chi connectivity index (χ2n) is 4.73. The average molecular weight is 337 g/mol. The van der Waals surface area contributed by atoms with Crippen LogP contribution in [0.1, 0.15) is 37.6 Å². The number of hydrogen-bond donors (Lipinski definition) is 1. The van der Waals surface area contributed by atoms with Crippen LogP contribution in [0.3, 0.4) is 0 Å². The molecular formula is C16H21BrN2O. The van der Waals surface area contributed by atoms with Crippen LogP contribution in [-0.2, 0) is 26.0 Å². The van der Waals surface area contributed by atoms with Gasteiger partial charge in [0, 0.05) is 12.1 Å². The highest BCUT2D eigenvalue weighted by Crippen LogP contribution is 2.32. The largest absolute Gasteiger partial charge is 0.390 e. The van der Waals surface area contributed by atoms with E-state index >= 15 is 0 Å². The smallest absolute Gasteiger partial charge is 0.142 e. The van der Waals surface area contributed by atoms with E-state index in [9.17, 15) is 5.11 Å². The Bertz CT molecular complexity index is 583. The predicted octanol–water partition coefficient (Wildman–Crippen LogP) is 3.95. The minimum absolute atomic E-state index is 0.00280. The van der Waals surface area contributed by atoms with Gasteiger partial charge >= 0.3 is 0 Å². The summed E-state index contributed by atoms with van der Waals surface area (Å²) in [5, 5.41) is 9.55. The SMILES string of the molecule is CCc1cccc(CC)c1-c1nc(Br)c(CO)n1CC. The number of aliphatic hydroxyl groups excluding tert-OH is 1. The summed E-state index contributed by atoms with van der Waals surface area (Å²) >= 11 is 3.47. The van der Waals surface area contributed by atoms with Crippen molar-refractivity contribution in [1.29, 1.82) is 0 Å². The molecular weight excluding hydrogens is 316 g/mol. The van der Waals surface area contributed by atoms with E-state index in [1.807, 2.05) is 0 Å². The minimum Gasteiger partial charge on any atom is -0.390 e. The van der Waals surface area contributed by atoms with E-state index in [0.717, 1.165) is 35.5 Å². The van der Waals surface area contributed by atoms with E-state index in [0.29, 0.717) is 0 Å². The van der Waals surface area contributed by atoms with Gasteiger partial charge in [-0.25, -0.2) is 4.98 Å². The quantitative estimate of drug-likeness (QED) is 0.897. The van der Waals surface area contributed by atoms with Crippen molar-refractivity contribution in [2.45, 2.75) is 46.8 Å². The van der Waals surface area contributed by atoms with Gasteiger partial charge in [-0.3, -0.25) is 0 Å². The molecule has 0 fully saturated rings. The topological polar surface area (TPSA) is 38.1 Å². The van der Waals surface area contributed by atoms with E-state index in [1.54, 1.807) is 0 Å². The number of benzene rings is 1. The summed E-state index contributed by atoms with van der Waals surface area (Å²) in [5.74, 6) is 0.956. The molecule has 108 valence electrons. The fraction of sp³-hybridized carbons (Fsp3) is 0.438. The molecule has 4 heteroatoms. The maximum atomic E-state index is 9.55. The number of aromatic nitrogens is 2. The molecule has 0 aliphatic heterocycles. The van der Waals surface area contributed by atoms with E-state index in [2.05, 4.69) is 64.5 Å². The lowest BCUT2D eigenvalue weighted by atomic mass is 9.97. The number of hydrogen-bond acceptors (Lipinski definition) is 2. The van der Waals surface area contributed by atoms with Gasteiger partial charge in [0.05, 0.1) is 12.3 Å². The van der Waals surface area contributed by atoms with Crippen molar-refractivity contribution in [3.05, 3.63) is 39.6 Å². The maximum absolute atomic E-state index is 9.55. The van der Waals surface area contributed by atoms with Crippen molar-refractivity contribution in [1.82, 2.24) is 9.55 Å². The minimum atomic E-state index is -0.00280. The second kappa shape index (κ2) is 6.55. The third kappa shape index (κ3) is 2.54. The summed E-state index contributed by atoms with van der Waals surface area (Å²) in [6, 6.07) is 6.44. The third-order valence-corrected chi connectivity index (χ3v) is 4.35. The molecule has 1 aromatic carbocycles. The summed E-state index contributed by atoms with van der Waals surface area (Å²) in [6.45, 7) is 7.21. The molecule has 0 spiro atoms.